The van der Waals surface area contributed by atoms with Gasteiger partial charge in [-0.25, -0.2) is 0 Å². The lowest BCUT2D eigenvalue weighted by molar-refractivity contribution is -0.114. The Kier molecular flexibility index (Phi) is 4.49. The van der Waals surface area contributed by atoms with Crippen molar-refractivity contribution in [3.8, 4) is 6.07 Å². The van der Waals surface area contributed by atoms with E-state index in [1.807, 2.05) is 24.3 Å². The summed E-state index contributed by atoms with van der Waals surface area (Å²) in [4.78, 5) is 10.9. The van der Waals surface area contributed by atoms with Gasteiger partial charge in [-0.15, -0.1) is 0 Å². The SMILES string of the molecule is CC(=O)Nc1cccc(C(N)CCC#N)c1. The quantitative estimate of drug-likeness (QED) is 0.809. The zero-order valence-electron chi connectivity index (χ0n) is 9.23. The molecule has 0 radical (unpaired) electrons. The Morgan fingerprint density at radius 1 is 1.62 bits per heavy atom. The molecule has 1 aromatic rings. The van der Waals surface area contributed by atoms with Crippen molar-refractivity contribution in [2.75, 3.05) is 5.32 Å². The minimum atomic E-state index is -0.159. The second-order valence-corrected chi connectivity index (χ2v) is 3.61. The molecule has 0 aliphatic rings. The van der Waals surface area contributed by atoms with Crippen LogP contribution in [0.3, 0.4) is 0 Å². The number of anilines is 1. The molecule has 0 aliphatic carbocycles. The van der Waals surface area contributed by atoms with Gasteiger partial charge in [0.25, 0.3) is 0 Å². The van der Waals surface area contributed by atoms with Crippen LogP contribution in [0.1, 0.15) is 31.4 Å². The molecule has 1 atom stereocenters. The summed E-state index contributed by atoms with van der Waals surface area (Å²) in [5.74, 6) is -0.109. The topological polar surface area (TPSA) is 78.9 Å². The Labute approximate surface area is 95.1 Å². The molecule has 1 unspecified atom stereocenters. The first-order chi connectivity index (χ1) is 7.63. The van der Waals surface area contributed by atoms with Gasteiger partial charge in [0.1, 0.15) is 0 Å². The minimum Gasteiger partial charge on any atom is -0.326 e. The molecule has 0 aliphatic heterocycles. The predicted molar refractivity (Wildman–Crippen MR) is 62.5 cm³/mol. The minimum absolute atomic E-state index is 0.109. The predicted octanol–water partition coefficient (Wildman–Crippen LogP) is 1.95. The number of hydrogen-bond donors (Lipinski definition) is 2. The molecule has 0 saturated carbocycles. The Hall–Kier alpha value is -1.86. The number of benzene rings is 1. The van der Waals surface area contributed by atoms with Gasteiger partial charge in [-0.1, -0.05) is 12.1 Å². The van der Waals surface area contributed by atoms with Crippen LogP contribution in [0, 0.1) is 11.3 Å². The monoisotopic (exact) mass is 217 g/mol. The van der Waals surface area contributed by atoms with Crippen LogP contribution in [0.15, 0.2) is 24.3 Å². The second-order valence-electron chi connectivity index (χ2n) is 3.61. The molecule has 0 saturated heterocycles. The molecule has 16 heavy (non-hydrogen) atoms. The average Bonchev–Trinajstić information content (AvgIpc) is 2.25. The summed E-state index contributed by atoms with van der Waals surface area (Å²) in [5, 5.41) is 11.2. The third-order valence-corrected chi connectivity index (χ3v) is 2.20. The van der Waals surface area contributed by atoms with Crippen molar-refractivity contribution in [3.05, 3.63) is 29.8 Å². The van der Waals surface area contributed by atoms with Crippen LogP contribution in [0.4, 0.5) is 5.69 Å². The first-order valence-electron chi connectivity index (χ1n) is 5.13. The fourth-order valence-electron chi connectivity index (χ4n) is 1.44. The van der Waals surface area contributed by atoms with Gasteiger partial charge in [0, 0.05) is 25.1 Å². The molecule has 1 amide bonds. The summed E-state index contributed by atoms with van der Waals surface area (Å²) < 4.78 is 0. The van der Waals surface area contributed by atoms with E-state index >= 15 is 0 Å². The first kappa shape index (κ1) is 12.2. The number of carbonyl (C=O) groups excluding carboxylic acids is 1. The Balaban J connectivity index is 2.73. The molecule has 0 spiro atoms. The standard InChI is InChI=1S/C12H15N3O/c1-9(16)15-11-5-2-4-10(8-11)12(14)6-3-7-13/h2,4-5,8,12H,3,6,14H2,1H3,(H,15,16). The van der Waals surface area contributed by atoms with E-state index in [0.29, 0.717) is 12.8 Å². The Morgan fingerprint density at radius 3 is 3.00 bits per heavy atom. The number of nitrogens with two attached hydrogens (primary N) is 1. The van der Waals surface area contributed by atoms with E-state index in [4.69, 9.17) is 11.0 Å². The van der Waals surface area contributed by atoms with Crippen LogP contribution in [0.5, 0.6) is 0 Å². The number of carbonyl (C=O) groups is 1. The van der Waals surface area contributed by atoms with Crippen LogP contribution < -0.4 is 11.1 Å². The van der Waals surface area contributed by atoms with Gasteiger partial charge in [-0.2, -0.15) is 5.26 Å². The molecule has 4 nitrogen and oxygen atoms in total. The molecular formula is C12H15N3O. The lowest BCUT2D eigenvalue weighted by atomic mass is 10.0. The molecule has 1 aromatic carbocycles. The summed E-state index contributed by atoms with van der Waals surface area (Å²) in [6.45, 7) is 1.46. The fraction of sp³-hybridized carbons (Fsp3) is 0.333. The zero-order valence-corrected chi connectivity index (χ0v) is 9.23. The van der Waals surface area contributed by atoms with Crippen molar-refractivity contribution in [2.24, 2.45) is 5.73 Å². The van der Waals surface area contributed by atoms with Gasteiger partial charge in [0.15, 0.2) is 0 Å². The van der Waals surface area contributed by atoms with Gasteiger partial charge in [-0.05, 0) is 24.1 Å². The van der Waals surface area contributed by atoms with Crippen LogP contribution in [0.25, 0.3) is 0 Å². The van der Waals surface area contributed by atoms with Crippen molar-refractivity contribution in [1.29, 1.82) is 5.26 Å². The average molecular weight is 217 g/mol. The molecule has 0 aromatic heterocycles. The number of nitrogens with one attached hydrogen (secondary N) is 1. The van der Waals surface area contributed by atoms with Crippen molar-refractivity contribution < 1.29 is 4.79 Å². The smallest absolute Gasteiger partial charge is 0.221 e. The van der Waals surface area contributed by atoms with Crippen molar-refractivity contribution in [2.45, 2.75) is 25.8 Å². The highest BCUT2D eigenvalue weighted by atomic mass is 16.1. The third kappa shape index (κ3) is 3.71. The number of nitrogens with zero attached hydrogens (tertiary/aromatic N) is 1. The molecular weight excluding hydrogens is 202 g/mol. The van der Waals surface area contributed by atoms with Crippen molar-refractivity contribution >= 4 is 11.6 Å². The maximum absolute atomic E-state index is 10.9. The van der Waals surface area contributed by atoms with E-state index in [9.17, 15) is 4.79 Å². The summed E-state index contributed by atoms with van der Waals surface area (Å²) in [7, 11) is 0. The van der Waals surface area contributed by atoms with Crippen LogP contribution in [-0.4, -0.2) is 5.91 Å². The maximum Gasteiger partial charge on any atom is 0.221 e. The van der Waals surface area contributed by atoms with Gasteiger partial charge in [-0.3, -0.25) is 4.79 Å². The van der Waals surface area contributed by atoms with Gasteiger partial charge < -0.3 is 11.1 Å². The molecule has 0 bridgehead atoms. The maximum atomic E-state index is 10.9. The molecule has 84 valence electrons. The van der Waals surface area contributed by atoms with Crippen LogP contribution >= 0.6 is 0 Å². The normalized spacial score (nSPS) is 11.6. The molecule has 3 N–H and O–H groups in total. The molecule has 1 rings (SSSR count). The number of amides is 1. The summed E-state index contributed by atoms with van der Waals surface area (Å²) in [5.41, 5.74) is 7.58. The van der Waals surface area contributed by atoms with E-state index in [-0.39, 0.29) is 11.9 Å². The highest BCUT2D eigenvalue weighted by Crippen LogP contribution is 2.19. The number of rotatable bonds is 4. The molecule has 0 fully saturated rings. The summed E-state index contributed by atoms with van der Waals surface area (Å²) >= 11 is 0. The second kappa shape index (κ2) is 5.89. The van der Waals surface area contributed by atoms with Crippen molar-refractivity contribution in [1.82, 2.24) is 0 Å². The fourth-order valence-corrected chi connectivity index (χ4v) is 1.44. The van der Waals surface area contributed by atoms with E-state index in [0.717, 1.165) is 11.3 Å². The Bertz CT molecular complexity index is 409. The molecule has 4 heteroatoms. The third-order valence-electron chi connectivity index (χ3n) is 2.20. The van der Waals surface area contributed by atoms with Crippen LogP contribution in [0.2, 0.25) is 0 Å². The van der Waals surface area contributed by atoms with E-state index < -0.39 is 0 Å². The zero-order chi connectivity index (χ0) is 12.0. The van der Waals surface area contributed by atoms with Crippen LogP contribution in [-0.2, 0) is 4.79 Å². The van der Waals surface area contributed by atoms with Gasteiger partial charge in [0.2, 0.25) is 5.91 Å². The van der Waals surface area contributed by atoms with E-state index in [1.54, 1.807) is 0 Å². The van der Waals surface area contributed by atoms with Gasteiger partial charge >= 0.3 is 0 Å². The first-order valence-corrected chi connectivity index (χ1v) is 5.13. The van der Waals surface area contributed by atoms with E-state index in [2.05, 4.69) is 11.4 Å². The highest BCUT2D eigenvalue weighted by molar-refractivity contribution is 5.88. The lowest BCUT2D eigenvalue weighted by Crippen LogP contribution is -2.11. The van der Waals surface area contributed by atoms with E-state index in [1.165, 1.54) is 6.92 Å². The Morgan fingerprint density at radius 2 is 2.38 bits per heavy atom. The highest BCUT2D eigenvalue weighted by Gasteiger charge is 2.06. The van der Waals surface area contributed by atoms with Crippen molar-refractivity contribution in [3.63, 3.8) is 0 Å². The number of hydrogen-bond acceptors (Lipinski definition) is 3. The number of nitriles is 1. The van der Waals surface area contributed by atoms with Gasteiger partial charge in [0.05, 0.1) is 6.07 Å². The summed E-state index contributed by atoms with van der Waals surface area (Å²) in [6.07, 6.45) is 1.06. The molecule has 0 heterocycles. The lowest BCUT2D eigenvalue weighted by Gasteiger charge is -2.11. The summed E-state index contributed by atoms with van der Waals surface area (Å²) in [6, 6.07) is 9.29. The largest absolute Gasteiger partial charge is 0.326 e.